The second-order valence-electron chi connectivity index (χ2n) is 8.34. The third-order valence-electron chi connectivity index (χ3n) is 6.13. The summed E-state index contributed by atoms with van der Waals surface area (Å²) in [6, 6.07) is 44.2. The molecule has 5 rings (SSSR count). The van der Waals surface area contributed by atoms with E-state index in [1.54, 1.807) is 0 Å². The molecule has 0 aliphatic rings. The van der Waals surface area contributed by atoms with Gasteiger partial charge in [-0.2, -0.15) is 0 Å². The lowest BCUT2D eigenvalue weighted by molar-refractivity contribution is 0.806. The molecule has 0 aliphatic carbocycles. The summed E-state index contributed by atoms with van der Waals surface area (Å²) < 4.78 is 0. The van der Waals surface area contributed by atoms with Crippen molar-refractivity contribution in [2.24, 2.45) is 0 Å². The average Bonchev–Trinajstić information content (AvgIpc) is 2.84. The third-order valence-corrected chi connectivity index (χ3v) is 6.13. The van der Waals surface area contributed by atoms with Crippen LogP contribution in [0.5, 0.6) is 0 Å². The van der Waals surface area contributed by atoms with Crippen LogP contribution in [0, 0.1) is 6.92 Å². The Morgan fingerprint density at radius 2 is 1.23 bits per heavy atom. The summed E-state index contributed by atoms with van der Waals surface area (Å²) in [7, 11) is 0. The molecule has 0 aliphatic heterocycles. The first-order valence-electron chi connectivity index (χ1n) is 11.0. The highest BCUT2D eigenvalue weighted by atomic mass is 14.2. The van der Waals surface area contributed by atoms with Gasteiger partial charge in [-0.05, 0) is 51.9 Å². The Hall–Kier alpha value is -3.64. The Labute approximate surface area is 184 Å². The number of benzene rings is 5. The van der Waals surface area contributed by atoms with Crippen LogP contribution in [-0.2, 0) is 6.42 Å². The molecule has 0 radical (unpaired) electrons. The summed E-state index contributed by atoms with van der Waals surface area (Å²) in [4.78, 5) is 0. The quantitative estimate of drug-likeness (QED) is 0.280. The Balaban J connectivity index is 1.56. The molecule has 0 nitrogen and oxygen atoms in total. The molecule has 0 heteroatoms. The molecular formula is C31H26. The zero-order chi connectivity index (χ0) is 21.0. The van der Waals surface area contributed by atoms with Crippen molar-refractivity contribution in [3.8, 4) is 11.1 Å². The van der Waals surface area contributed by atoms with Gasteiger partial charge in [0.1, 0.15) is 0 Å². The molecule has 150 valence electrons. The SMILES string of the molecule is Cc1ccc(C(Cc2ccc3ccccc3c2)c2cccc(-c3ccccc3)c2)cc1. The molecule has 0 fully saturated rings. The maximum atomic E-state index is 2.36. The lowest BCUT2D eigenvalue weighted by Gasteiger charge is -2.20. The highest BCUT2D eigenvalue weighted by molar-refractivity contribution is 5.83. The van der Waals surface area contributed by atoms with E-state index in [1.807, 2.05) is 0 Å². The van der Waals surface area contributed by atoms with Crippen LogP contribution < -0.4 is 0 Å². The second-order valence-corrected chi connectivity index (χ2v) is 8.34. The van der Waals surface area contributed by atoms with E-state index >= 15 is 0 Å². The number of rotatable bonds is 5. The lowest BCUT2D eigenvalue weighted by Crippen LogP contribution is -2.05. The highest BCUT2D eigenvalue weighted by Gasteiger charge is 2.16. The standard InChI is InChI=1S/C31H26/c1-23-14-17-27(18-15-23)31(21-24-16-19-26-10-5-6-11-28(26)20-24)30-13-7-12-29(22-30)25-8-3-2-4-9-25/h2-20,22,31H,21H2,1H3. The molecule has 1 unspecified atom stereocenters. The number of aryl methyl sites for hydroxylation is 1. The Kier molecular flexibility index (Phi) is 5.37. The van der Waals surface area contributed by atoms with Gasteiger partial charge in [0.2, 0.25) is 0 Å². The predicted molar refractivity (Wildman–Crippen MR) is 133 cm³/mol. The molecule has 0 aromatic heterocycles. The molecule has 0 bridgehead atoms. The molecule has 0 heterocycles. The molecular weight excluding hydrogens is 372 g/mol. The largest absolute Gasteiger partial charge is 0.0622 e. The van der Waals surface area contributed by atoms with E-state index < -0.39 is 0 Å². The smallest absolute Gasteiger partial charge is 0.0130 e. The fourth-order valence-electron chi connectivity index (χ4n) is 4.39. The summed E-state index contributed by atoms with van der Waals surface area (Å²) in [5.41, 5.74) is 7.93. The highest BCUT2D eigenvalue weighted by Crippen LogP contribution is 2.32. The fourth-order valence-corrected chi connectivity index (χ4v) is 4.39. The van der Waals surface area contributed by atoms with Crippen LogP contribution in [0.1, 0.15) is 28.2 Å². The van der Waals surface area contributed by atoms with Gasteiger partial charge >= 0.3 is 0 Å². The minimum atomic E-state index is 0.311. The van der Waals surface area contributed by atoms with Crippen molar-refractivity contribution in [1.82, 2.24) is 0 Å². The topological polar surface area (TPSA) is 0 Å². The van der Waals surface area contributed by atoms with Crippen LogP contribution in [0.3, 0.4) is 0 Å². The Bertz CT molecular complexity index is 1300. The number of hydrogen-bond donors (Lipinski definition) is 0. The molecule has 0 saturated carbocycles. The summed E-state index contributed by atoms with van der Waals surface area (Å²) in [5.74, 6) is 0.311. The van der Waals surface area contributed by atoms with Gasteiger partial charge < -0.3 is 0 Å². The van der Waals surface area contributed by atoms with Gasteiger partial charge in [-0.15, -0.1) is 0 Å². The van der Waals surface area contributed by atoms with E-state index in [1.165, 1.54) is 44.2 Å². The monoisotopic (exact) mass is 398 g/mol. The van der Waals surface area contributed by atoms with Crippen molar-refractivity contribution in [1.29, 1.82) is 0 Å². The van der Waals surface area contributed by atoms with E-state index in [-0.39, 0.29) is 0 Å². The first-order valence-corrected chi connectivity index (χ1v) is 11.0. The van der Waals surface area contributed by atoms with Crippen LogP contribution in [0.2, 0.25) is 0 Å². The van der Waals surface area contributed by atoms with Gasteiger partial charge in [0.25, 0.3) is 0 Å². The van der Waals surface area contributed by atoms with Crippen LogP contribution >= 0.6 is 0 Å². The average molecular weight is 399 g/mol. The van der Waals surface area contributed by atoms with Crippen molar-refractivity contribution >= 4 is 10.8 Å². The minimum absolute atomic E-state index is 0.311. The molecule has 0 N–H and O–H groups in total. The predicted octanol–water partition coefficient (Wildman–Crippen LogP) is 8.19. The van der Waals surface area contributed by atoms with Crippen LogP contribution in [0.25, 0.3) is 21.9 Å². The zero-order valence-electron chi connectivity index (χ0n) is 17.8. The lowest BCUT2D eigenvalue weighted by atomic mass is 9.84. The summed E-state index contributed by atoms with van der Waals surface area (Å²) in [6.07, 6.45) is 0.978. The summed E-state index contributed by atoms with van der Waals surface area (Å²) in [6.45, 7) is 2.15. The summed E-state index contributed by atoms with van der Waals surface area (Å²) >= 11 is 0. The fraction of sp³-hybridized carbons (Fsp3) is 0.0968. The molecule has 1 atom stereocenters. The summed E-state index contributed by atoms with van der Waals surface area (Å²) in [5, 5.41) is 2.60. The second kappa shape index (κ2) is 8.62. The van der Waals surface area contributed by atoms with Gasteiger partial charge in [0, 0.05) is 5.92 Å². The molecule has 31 heavy (non-hydrogen) atoms. The Morgan fingerprint density at radius 3 is 2.03 bits per heavy atom. The van der Waals surface area contributed by atoms with Gasteiger partial charge in [0.05, 0.1) is 0 Å². The Morgan fingerprint density at radius 1 is 0.516 bits per heavy atom. The van der Waals surface area contributed by atoms with Gasteiger partial charge in [-0.3, -0.25) is 0 Å². The van der Waals surface area contributed by atoms with Crippen molar-refractivity contribution in [3.05, 3.63) is 144 Å². The number of hydrogen-bond acceptors (Lipinski definition) is 0. The molecule has 0 saturated heterocycles. The first kappa shape index (κ1) is 19.3. The molecule has 0 amide bonds. The van der Waals surface area contributed by atoms with Crippen molar-refractivity contribution < 1.29 is 0 Å². The van der Waals surface area contributed by atoms with Crippen LogP contribution in [0.15, 0.2) is 121 Å². The normalized spacial score (nSPS) is 12.0. The maximum absolute atomic E-state index is 2.36. The van der Waals surface area contributed by atoms with E-state index in [0.717, 1.165) is 6.42 Å². The molecule has 5 aromatic carbocycles. The molecule has 0 spiro atoms. The molecule has 5 aromatic rings. The van der Waals surface area contributed by atoms with Gasteiger partial charge in [0.15, 0.2) is 0 Å². The van der Waals surface area contributed by atoms with Crippen molar-refractivity contribution in [2.45, 2.75) is 19.3 Å². The third kappa shape index (κ3) is 4.29. The maximum Gasteiger partial charge on any atom is 0.0130 e. The van der Waals surface area contributed by atoms with E-state index in [0.29, 0.717) is 5.92 Å². The van der Waals surface area contributed by atoms with Crippen molar-refractivity contribution in [2.75, 3.05) is 0 Å². The number of fused-ring (bicyclic) bond motifs is 1. The van der Waals surface area contributed by atoms with E-state index in [2.05, 4.69) is 128 Å². The first-order chi connectivity index (χ1) is 15.3. The van der Waals surface area contributed by atoms with Crippen LogP contribution in [-0.4, -0.2) is 0 Å². The van der Waals surface area contributed by atoms with Crippen LogP contribution in [0.4, 0.5) is 0 Å². The van der Waals surface area contributed by atoms with Gasteiger partial charge in [-0.25, -0.2) is 0 Å². The minimum Gasteiger partial charge on any atom is -0.0622 e. The van der Waals surface area contributed by atoms with E-state index in [4.69, 9.17) is 0 Å². The van der Waals surface area contributed by atoms with E-state index in [9.17, 15) is 0 Å². The zero-order valence-corrected chi connectivity index (χ0v) is 17.8. The van der Waals surface area contributed by atoms with Crippen molar-refractivity contribution in [3.63, 3.8) is 0 Å². The van der Waals surface area contributed by atoms with Gasteiger partial charge in [-0.1, -0.05) is 127 Å².